The van der Waals surface area contributed by atoms with Crippen molar-refractivity contribution in [2.75, 3.05) is 11.9 Å². The molecule has 0 spiro atoms. The van der Waals surface area contributed by atoms with Crippen molar-refractivity contribution in [1.82, 2.24) is 14.8 Å². The zero-order valence-corrected chi connectivity index (χ0v) is 11.8. The molecule has 2 rings (SSSR count). The third-order valence-corrected chi connectivity index (χ3v) is 3.05. The first kappa shape index (κ1) is 14.0. The van der Waals surface area contributed by atoms with Gasteiger partial charge in [-0.15, -0.1) is 10.2 Å². The van der Waals surface area contributed by atoms with Gasteiger partial charge in [-0.1, -0.05) is 0 Å². The van der Waals surface area contributed by atoms with Gasteiger partial charge in [-0.05, 0) is 32.9 Å². The van der Waals surface area contributed by atoms with E-state index in [1.807, 2.05) is 18.4 Å². The second-order valence-corrected chi connectivity index (χ2v) is 4.38. The number of benzene rings is 1. The highest BCUT2D eigenvalue weighted by Gasteiger charge is 2.16. The van der Waals surface area contributed by atoms with Crippen LogP contribution < -0.4 is 5.32 Å². The Labute approximate surface area is 116 Å². The zero-order chi connectivity index (χ0) is 14.7. The van der Waals surface area contributed by atoms with Crippen molar-refractivity contribution in [1.29, 1.82) is 0 Å². The van der Waals surface area contributed by atoms with E-state index in [-0.39, 0.29) is 10.6 Å². The molecule has 0 aliphatic rings. The molecular weight excluding hydrogens is 258 g/mol. The minimum atomic E-state index is -0.381. The third kappa shape index (κ3) is 2.47. The maximum atomic E-state index is 10.8. The Kier molecular flexibility index (Phi) is 3.97. The first-order valence-corrected chi connectivity index (χ1v) is 6.51. The molecule has 2 aromatic rings. The largest absolute Gasteiger partial charge is 0.355 e. The monoisotopic (exact) mass is 275 g/mol. The van der Waals surface area contributed by atoms with Gasteiger partial charge in [-0.3, -0.25) is 14.7 Å². The first-order valence-electron chi connectivity index (χ1n) is 6.51. The van der Waals surface area contributed by atoms with E-state index in [1.165, 1.54) is 6.07 Å². The van der Waals surface area contributed by atoms with E-state index in [4.69, 9.17) is 0 Å². The van der Waals surface area contributed by atoms with Crippen LogP contribution in [0.5, 0.6) is 0 Å². The molecule has 1 aromatic heterocycles. The third-order valence-electron chi connectivity index (χ3n) is 3.05. The average Bonchev–Trinajstić information content (AvgIpc) is 2.81. The number of nitrogens with zero attached hydrogens (tertiary/aromatic N) is 4. The predicted molar refractivity (Wildman–Crippen MR) is 76.7 cm³/mol. The lowest BCUT2D eigenvalue weighted by Gasteiger charge is -2.08. The molecule has 7 nitrogen and oxygen atoms in total. The lowest BCUT2D eigenvalue weighted by molar-refractivity contribution is -0.385. The topological polar surface area (TPSA) is 85.9 Å². The standard InChI is InChI=1S/C13H17N5O2/c1-4-14-13-16-15-12(17(13)5-2)10-6-7-11(18(19)20)9(3)8-10/h6-8H,4-5H2,1-3H3,(H,14,16). The minimum Gasteiger partial charge on any atom is -0.355 e. The SMILES string of the molecule is CCNc1nnc(-c2ccc([N+](=O)[O-])c(C)c2)n1CC. The Morgan fingerprint density at radius 3 is 2.65 bits per heavy atom. The van der Waals surface area contributed by atoms with Gasteiger partial charge in [-0.2, -0.15) is 0 Å². The molecule has 0 saturated carbocycles. The molecule has 0 bridgehead atoms. The van der Waals surface area contributed by atoms with Gasteiger partial charge >= 0.3 is 0 Å². The first-order chi connectivity index (χ1) is 9.58. The minimum absolute atomic E-state index is 0.114. The summed E-state index contributed by atoms with van der Waals surface area (Å²) in [6, 6.07) is 4.98. The van der Waals surface area contributed by atoms with E-state index in [2.05, 4.69) is 15.5 Å². The molecule has 0 unspecified atom stereocenters. The highest BCUT2D eigenvalue weighted by Crippen LogP contribution is 2.26. The van der Waals surface area contributed by atoms with Crippen LogP contribution in [0.25, 0.3) is 11.4 Å². The summed E-state index contributed by atoms with van der Waals surface area (Å²) < 4.78 is 1.95. The number of aromatic nitrogens is 3. The van der Waals surface area contributed by atoms with E-state index in [9.17, 15) is 10.1 Å². The second kappa shape index (κ2) is 5.68. The normalized spacial score (nSPS) is 10.6. The number of hydrogen-bond acceptors (Lipinski definition) is 5. The van der Waals surface area contributed by atoms with E-state index in [0.29, 0.717) is 17.3 Å². The molecular formula is C13H17N5O2. The van der Waals surface area contributed by atoms with Crippen LogP contribution in [0.1, 0.15) is 19.4 Å². The van der Waals surface area contributed by atoms with Crippen molar-refractivity contribution in [2.24, 2.45) is 0 Å². The molecule has 1 heterocycles. The van der Waals surface area contributed by atoms with Crippen LogP contribution in [0.4, 0.5) is 11.6 Å². The summed E-state index contributed by atoms with van der Waals surface area (Å²) in [5.41, 5.74) is 1.55. The molecule has 1 N–H and O–H groups in total. The lowest BCUT2D eigenvalue weighted by atomic mass is 10.1. The van der Waals surface area contributed by atoms with Crippen LogP contribution in [0.15, 0.2) is 18.2 Å². The summed E-state index contributed by atoms with van der Waals surface area (Å²) in [5, 5.41) is 22.3. The number of aryl methyl sites for hydroxylation is 1. The van der Waals surface area contributed by atoms with E-state index in [0.717, 1.165) is 18.7 Å². The molecule has 0 radical (unpaired) electrons. The van der Waals surface area contributed by atoms with Crippen LogP contribution in [0.3, 0.4) is 0 Å². The van der Waals surface area contributed by atoms with Crippen molar-refractivity contribution < 1.29 is 4.92 Å². The van der Waals surface area contributed by atoms with Crippen molar-refractivity contribution in [3.05, 3.63) is 33.9 Å². The van der Waals surface area contributed by atoms with Crippen LogP contribution >= 0.6 is 0 Å². The maximum absolute atomic E-state index is 10.8. The van der Waals surface area contributed by atoms with Gasteiger partial charge in [0.2, 0.25) is 5.95 Å². The van der Waals surface area contributed by atoms with Gasteiger partial charge in [0.05, 0.1) is 4.92 Å². The summed E-state index contributed by atoms with van der Waals surface area (Å²) in [6.07, 6.45) is 0. The molecule has 1 aromatic carbocycles. The fourth-order valence-electron chi connectivity index (χ4n) is 2.10. The number of nitrogens with one attached hydrogen (secondary N) is 1. The van der Waals surface area contributed by atoms with Crippen molar-refractivity contribution in [3.8, 4) is 11.4 Å². The van der Waals surface area contributed by atoms with Gasteiger partial charge in [0, 0.05) is 30.3 Å². The van der Waals surface area contributed by atoms with E-state index < -0.39 is 0 Å². The molecule has 0 atom stereocenters. The highest BCUT2D eigenvalue weighted by molar-refractivity contribution is 5.61. The van der Waals surface area contributed by atoms with Gasteiger partial charge in [0.15, 0.2) is 5.82 Å². The Morgan fingerprint density at radius 2 is 2.10 bits per heavy atom. The van der Waals surface area contributed by atoms with E-state index in [1.54, 1.807) is 19.1 Å². The highest BCUT2D eigenvalue weighted by atomic mass is 16.6. The molecule has 0 saturated heterocycles. The molecule has 106 valence electrons. The van der Waals surface area contributed by atoms with Crippen molar-refractivity contribution in [3.63, 3.8) is 0 Å². The summed E-state index contributed by atoms with van der Waals surface area (Å²) in [4.78, 5) is 10.5. The summed E-state index contributed by atoms with van der Waals surface area (Å²) in [6.45, 7) is 7.20. The second-order valence-electron chi connectivity index (χ2n) is 4.38. The fraction of sp³-hybridized carbons (Fsp3) is 0.385. The molecule has 0 aliphatic heterocycles. The van der Waals surface area contributed by atoms with Crippen molar-refractivity contribution in [2.45, 2.75) is 27.3 Å². The zero-order valence-electron chi connectivity index (χ0n) is 11.8. The van der Waals surface area contributed by atoms with Crippen LogP contribution in [-0.2, 0) is 6.54 Å². The number of rotatable bonds is 5. The summed E-state index contributed by atoms with van der Waals surface area (Å²) in [7, 11) is 0. The Bertz CT molecular complexity index is 636. The van der Waals surface area contributed by atoms with Crippen LogP contribution in [0, 0.1) is 17.0 Å². The molecule has 7 heteroatoms. The van der Waals surface area contributed by atoms with Gasteiger partial charge in [0.1, 0.15) is 0 Å². The molecule has 20 heavy (non-hydrogen) atoms. The van der Waals surface area contributed by atoms with Gasteiger partial charge in [0.25, 0.3) is 5.69 Å². The smallest absolute Gasteiger partial charge is 0.272 e. The summed E-state index contributed by atoms with van der Waals surface area (Å²) >= 11 is 0. The number of hydrogen-bond donors (Lipinski definition) is 1. The molecule has 0 fully saturated rings. The number of anilines is 1. The molecule has 0 aliphatic carbocycles. The van der Waals surface area contributed by atoms with Gasteiger partial charge in [-0.25, -0.2) is 0 Å². The lowest BCUT2D eigenvalue weighted by Crippen LogP contribution is -2.07. The fourth-order valence-corrected chi connectivity index (χ4v) is 2.10. The predicted octanol–water partition coefficient (Wildman–Crippen LogP) is 2.61. The van der Waals surface area contributed by atoms with Crippen molar-refractivity contribution >= 4 is 11.6 Å². The van der Waals surface area contributed by atoms with Crippen LogP contribution in [-0.4, -0.2) is 26.2 Å². The van der Waals surface area contributed by atoms with E-state index >= 15 is 0 Å². The van der Waals surface area contributed by atoms with Crippen LogP contribution in [0.2, 0.25) is 0 Å². The van der Waals surface area contributed by atoms with Gasteiger partial charge < -0.3 is 5.32 Å². The Morgan fingerprint density at radius 1 is 1.35 bits per heavy atom. The number of nitro benzene ring substituents is 1. The quantitative estimate of drug-likeness (QED) is 0.669. The number of nitro groups is 1. The average molecular weight is 275 g/mol. The Balaban J connectivity index is 2.46. The Hall–Kier alpha value is -2.44. The maximum Gasteiger partial charge on any atom is 0.272 e. The summed E-state index contributed by atoms with van der Waals surface area (Å²) in [5.74, 6) is 1.42. The molecule has 0 amide bonds.